The van der Waals surface area contributed by atoms with Crippen molar-refractivity contribution in [3.63, 3.8) is 0 Å². The van der Waals surface area contributed by atoms with Crippen molar-refractivity contribution >= 4 is 29.4 Å². The van der Waals surface area contributed by atoms with E-state index in [2.05, 4.69) is 36.3 Å². The van der Waals surface area contributed by atoms with Crippen molar-refractivity contribution < 1.29 is 14.3 Å². The molecule has 1 saturated heterocycles. The van der Waals surface area contributed by atoms with Crippen LogP contribution in [-0.2, 0) is 17.6 Å². The molecule has 0 aromatic heterocycles. The van der Waals surface area contributed by atoms with Gasteiger partial charge in [0.2, 0.25) is 0 Å². The third-order valence-electron chi connectivity index (χ3n) is 4.72. The molecule has 2 aromatic rings. The Morgan fingerprint density at radius 2 is 2.00 bits per heavy atom. The summed E-state index contributed by atoms with van der Waals surface area (Å²) >= 11 is 1.46. The van der Waals surface area contributed by atoms with Gasteiger partial charge in [0.25, 0.3) is 5.91 Å². The first-order chi connectivity index (χ1) is 14.6. The van der Waals surface area contributed by atoms with Gasteiger partial charge in [0.05, 0.1) is 18.6 Å². The summed E-state index contributed by atoms with van der Waals surface area (Å²) in [5.74, 6) is 1.28. The maximum atomic E-state index is 12.5. The first-order valence-electron chi connectivity index (χ1n) is 10.1. The summed E-state index contributed by atoms with van der Waals surface area (Å²) < 4.78 is 11.3. The first kappa shape index (κ1) is 21.8. The number of rotatable bonds is 9. The summed E-state index contributed by atoms with van der Waals surface area (Å²) in [7, 11) is 1.62. The monoisotopic (exact) mass is 424 g/mol. The molecule has 1 aliphatic rings. The zero-order chi connectivity index (χ0) is 21.5. The van der Waals surface area contributed by atoms with E-state index in [9.17, 15) is 4.79 Å². The molecule has 30 heavy (non-hydrogen) atoms. The van der Waals surface area contributed by atoms with Crippen molar-refractivity contribution in [2.24, 2.45) is 0 Å². The average Bonchev–Trinajstić information content (AvgIpc) is 3.09. The van der Waals surface area contributed by atoms with E-state index in [1.807, 2.05) is 43.3 Å². The second-order valence-electron chi connectivity index (χ2n) is 6.81. The van der Waals surface area contributed by atoms with E-state index in [1.165, 1.54) is 17.3 Å². The molecule has 1 atom stereocenters. The minimum absolute atomic E-state index is 0.0965. The molecule has 2 N–H and O–H groups in total. The van der Waals surface area contributed by atoms with Crippen LogP contribution in [0.4, 0.5) is 5.69 Å². The van der Waals surface area contributed by atoms with Crippen LogP contribution in [0, 0.1) is 0 Å². The van der Waals surface area contributed by atoms with E-state index in [4.69, 9.17) is 9.47 Å². The zero-order valence-electron chi connectivity index (χ0n) is 17.7. The van der Waals surface area contributed by atoms with E-state index < -0.39 is 0 Å². The molecule has 0 bridgehead atoms. The fraction of sp³-hybridized carbons (Fsp3) is 0.292. The fourth-order valence-corrected chi connectivity index (χ4v) is 4.22. The van der Waals surface area contributed by atoms with Crippen molar-refractivity contribution in [3.8, 4) is 11.5 Å². The van der Waals surface area contributed by atoms with E-state index in [-0.39, 0.29) is 11.4 Å². The predicted octanol–water partition coefficient (Wildman–Crippen LogP) is 4.98. The van der Waals surface area contributed by atoms with Crippen molar-refractivity contribution in [1.82, 2.24) is 5.32 Å². The molecule has 0 aliphatic carbocycles. The zero-order valence-corrected chi connectivity index (χ0v) is 18.5. The van der Waals surface area contributed by atoms with Crippen LogP contribution in [0.15, 0.2) is 54.0 Å². The molecule has 0 saturated carbocycles. The Kier molecular flexibility index (Phi) is 7.46. The number of nitrogens with one attached hydrogen (secondary N) is 2. The quantitative estimate of drug-likeness (QED) is 0.439. The van der Waals surface area contributed by atoms with Gasteiger partial charge in [-0.3, -0.25) is 4.79 Å². The Labute approximate surface area is 182 Å². The normalized spacial score (nSPS) is 17.0. The summed E-state index contributed by atoms with van der Waals surface area (Å²) in [5, 5.41) is 6.32. The van der Waals surface area contributed by atoms with Gasteiger partial charge in [0, 0.05) is 11.3 Å². The highest BCUT2D eigenvalue weighted by molar-refractivity contribution is 8.05. The molecule has 3 rings (SSSR count). The lowest BCUT2D eigenvalue weighted by Gasteiger charge is -2.15. The molecule has 6 heteroatoms. The van der Waals surface area contributed by atoms with Gasteiger partial charge in [0.15, 0.2) is 17.0 Å². The van der Waals surface area contributed by atoms with E-state index >= 15 is 0 Å². The van der Waals surface area contributed by atoms with Crippen LogP contribution in [0.5, 0.6) is 11.5 Å². The number of amides is 1. The number of carbonyl (C=O) groups excluding carboxylic acids is 1. The lowest BCUT2D eigenvalue weighted by Crippen LogP contribution is -2.30. The van der Waals surface area contributed by atoms with Crippen LogP contribution >= 0.6 is 11.8 Å². The third-order valence-corrected chi connectivity index (χ3v) is 5.74. The van der Waals surface area contributed by atoms with Crippen LogP contribution in [0.25, 0.3) is 6.08 Å². The highest BCUT2D eigenvalue weighted by Gasteiger charge is 2.27. The van der Waals surface area contributed by atoms with Crippen molar-refractivity contribution in [1.29, 1.82) is 0 Å². The average molecular weight is 425 g/mol. The summed E-state index contributed by atoms with van der Waals surface area (Å²) in [6.07, 6.45) is 5.36. The smallest absolute Gasteiger partial charge is 0.260 e. The molecule has 1 aliphatic heterocycles. The van der Waals surface area contributed by atoms with Gasteiger partial charge in [-0.15, -0.1) is 6.58 Å². The molecule has 2 aromatic carbocycles. The molecular formula is C24H28N2O3S. The van der Waals surface area contributed by atoms with Crippen LogP contribution in [0.1, 0.15) is 30.5 Å². The number of methoxy groups -OCH3 is 1. The summed E-state index contributed by atoms with van der Waals surface area (Å²) in [6, 6.07) is 12.2. The standard InChI is InChI=1S/C24H28N2O3S/c1-5-8-18-13-17(14-20(28-4)22(18)29-7-3)15-21-23(27)26-24(30-21)25-19-11-9-16(6-2)10-12-19/h5,9-15,24-25H,1,6-8H2,2-4H3,(H,26,27)/b21-15-/t24-/m0/s1. The second-order valence-corrected chi connectivity index (χ2v) is 7.96. The molecule has 0 spiro atoms. The van der Waals surface area contributed by atoms with Gasteiger partial charge in [-0.2, -0.15) is 0 Å². The van der Waals surface area contributed by atoms with Gasteiger partial charge in [-0.1, -0.05) is 36.9 Å². The van der Waals surface area contributed by atoms with Crippen molar-refractivity contribution in [3.05, 3.63) is 70.6 Å². The molecule has 0 unspecified atom stereocenters. The highest BCUT2D eigenvalue weighted by atomic mass is 32.2. The minimum Gasteiger partial charge on any atom is -0.493 e. The van der Waals surface area contributed by atoms with Crippen LogP contribution < -0.4 is 20.1 Å². The number of thioether (sulfide) groups is 1. The summed E-state index contributed by atoms with van der Waals surface area (Å²) in [4.78, 5) is 13.1. The van der Waals surface area contributed by atoms with Gasteiger partial charge in [0.1, 0.15) is 0 Å². The maximum Gasteiger partial charge on any atom is 0.260 e. The number of carbonyl (C=O) groups is 1. The number of allylic oxidation sites excluding steroid dienone is 1. The SMILES string of the molecule is C=CCc1cc(/C=C2\S[C@@H](Nc3ccc(CC)cc3)NC2=O)cc(OC)c1OCC. The number of ether oxygens (including phenoxy) is 2. The van der Waals surface area contributed by atoms with E-state index in [0.29, 0.717) is 23.7 Å². The molecule has 1 fully saturated rings. The third kappa shape index (κ3) is 5.19. The molecule has 158 valence electrons. The van der Waals surface area contributed by atoms with Crippen molar-refractivity contribution in [2.45, 2.75) is 32.2 Å². The molecule has 1 amide bonds. The summed E-state index contributed by atoms with van der Waals surface area (Å²) in [5.41, 5.74) is 3.91. The Hall–Kier alpha value is -2.86. The largest absolute Gasteiger partial charge is 0.493 e. The van der Waals surface area contributed by atoms with Gasteiger partial charge < -0.3 is 20.1 Å². The molecule has 0 radical (unpaired) electrons. The number of hydrogen-bond acceptors (Lipinski definition) is 5. The van der Waals surface area contributed by atoms with Gasteiger partial charge in [-0.25, -0.2) is 0 Å². The van der Waals surface area contributed by atoms with Gasteiger partial charge in [-0.05, 0) is 61.2 Å². The van der Waals surface area contributed by atoms with E-state index in [1.54, 1.807) is 7.11 Å². The first-order valence-corrected chi connectivity index (χ1v) is 10.9. The van der Waals surface area contributed by atoms with Crippen molar-refractivity contribution in [2.75, 3.05) is 19.0 Å². The van der Waals surface area contributed by atoms with Crippen LogP contribution in [0.2, 0.25) is 0 Å². The lowest BCUT2D eigenvalue weighted by molar-refractivity contribution is -0.116. The van der Waals surface area contributed by atoms with Gasteiger partial charge >= 0.3 is 0 Å². The Morgan fingerprint density at radius 1 is 1.23 bits per heavy atom. The molecule has 1 heterocycles. The molecule has 5 nitrogen and oxygen atoms in total. The number of aryl methyl sites for hydroxylation is 1. The number of benzene rings is 2. The highest BCUT2D eigenvalue weighted by Crippen LogP contribution is 2.36. The summed E-state index contributed by atoms with van der Waals surface area (Å²) in [6.45, 7) is 8.45. The predicted molar refractivity (Wildman–Crippen MR) is 125 cm³/mol. The topological polar surface area (TPSA) is 59.6 Å². The fourth-order valence-electron chi connectivity index (χ4n) is 3.24. The lowest BCUT2D eigenvalue weighted by atomic mass is 10.0. The van der Waals surface area contributed by atoms with E-state index in [0.717, 1.165) is 29.0 Å². The Balaban J connectivity index is 1.80. The van der Waals surface area contributed by atoms with Crippen LogP contribution in [0.3, 0.4) is 0 Å². The van der Waals surface area contributed by atoms with Crippen LogP contribution in [-0.4, -0.2) is 25.1 Å². The number of hydrogen-bond donors (Lipinski definition) is 2. The minimum atomic E-state index is -0.214. The molecular weight excluding hydrogens is 396 g/mol. The Morgan fingerprint density at radius 3 is 2.63 bits per heavy atom. The second kappa shape index (κ2) is 10.3. The Bertz CT molecular complexity index is 938. The maximum absolute atomic E-state index is 12.5. The number of anilines is 1.